The Bertz CT molecular complexity index is 3460. The third kappa shape index (κ3) is 4.51. The van der Waals surface area contributed by atoms with Gasteiger partial charge in [-0.1, -0.05) is 97.1 Å². The van der Waals surface area contributed by atoms with Crippen molar-refractivity contribution >= 4 is 124 Å². The zero-order valence-corrected chi connectivity index (χ0v) is 30.5. The predicted molar refractivity (Wildman–Crippen MR) is 235 cm³/mol. The lowest BCUT2D eigenvalue weighted by Gasteiger charge is -2.26. The quantitative estimate of drug-likeness (QED) is 0.180. The van der Waals surface area contributed by atoms with E-state index < -0.39 is 0 Å². The fourth-order valence-electron chi connectivity index (χ4n) is 8.46. The summed E-state index contributed by atoms with van der Waals surface area (Å²) in [5.41, 5.74) is 7.66. The maximum absolute atomic E-state index is 6.64. The van der Waals surface area contributed by atoms with Crippen molar-refractivity contribution in [2.24, 2.45) is 0 Å². The van der Waals surface area contributed by atoms with Gasteiger partial charge in [0.05, 0.1) is 0 Å². The summed E-state index contributed by atoms with van der Waals surface area (Å²) in [5, 5.41) is 12.3. The second-order valence-electron chi connectivity index (χ2n) is 14.1. The van der Waals surface area contributed by atoms with E-state index >= 15 is 0 Å². The third-order valence-corrected chi connectivity index (χ3v) is 13.3. The summed E-state index contributed by atoms with van der Waals surface area (Å²) in [6.45, 7) is 0. The molecule has 0 unspecified atom stereocenters. The first-order valence-electron chi connectivity index (χ1n) is 18.2. The second kappa shape index (κ2) is 11.5. The van der Waals surface area contributed by atoms with Crippen LogP contribution < -0.4 is 4.90 Å². The molecule has 0 bridgehead atoms. The van der Waals surface area contributed by atoms with Gasteiger partial charge in [-0.15, -0.1) is 22.7 Å². The molecule has 0 aliphatic heterocycles. The van der Waals surface area contributed by atoms with E-state index in [4.69, 9.17) is 4.42 Å². The minimum absolute atomic E-state index is 0.926. The Morgan fingerprint density at radius 2 is 0.963 bits per heavy atom. The number of furan rings is 1. The van der Waals surface area contributed by atoms with Crippen molar-refractivity contribution in [3.05, 3.63) is 176 Å². The van der Waals surface area contributed by atoms with Crippen LogP contribution in [0.4, 0.5) is 17.1 Å². The van der Waals surface area contributed by atoms with Crippen molar-refractivity contribution in [1.82, 2.24) is 0 Å². The van der Waals surface area contributed by atoms with Crippen LogP contribution in [-0.4, -0.2) is 0 Å². The van der Waals surface area contributed by atoms with E-state index in [1.165, 1.54) is 73.0 Å². The van der Waals surface area contributed by atoms with E-state index in [1.54, 1.807) is 0 Å². The fourth-order valence-corrected chi connectivity index (χ4v) is 10.6. The van der Waals surface area contributed by atoms with E-state index in [2.05, 4.69) is 181 Å². The Morgan fingerprint density at radius 1 is 0.352 bits per heavy atom. The Morgan fingerprint density at radius 3 is 1.81 bits per heavy atom. The molecule has 0 saturated carbocycles. The lowest BCUT2D eigenvalue weighted by Crippen LogP contribution is -2.09. The number of hydrogen-bond donors (Lipinski definition) is 0. The molecular formula is C50H29NOS2. The molecular weight excluding hydrogens is 695 g/mol. The van der Waals surface area contributed by atoms with E-state index in [0.717, 1.165) is 39.0 Å². The molecule has 9 aromatic carbocycles. The summed E-state index contributed by atoms with van der Waals surface area (Å²) in [5.74, 6) is 0. The molecule has 12 rings (SSSR count). The molecule has 0 N–H and O–H groups in total. The molecule has 0 aliphatic carbocycles. The largest absolute Gasteiger partial charge is 0.455 e. The molecule has 0 aliphatic rings. The van der Waals surface area contributed by atoms with Gasteiger partial charge in [0.15, 0.2) is 0 Å². The Kier molecular flexibility index (Phi) is 6.41. The van der Waals surface area contributed by atoms with Gasteiger partial charge in [0.1, 0.15) is 11.2 Å². The number of hydrogen-bond acceptors (Lipinski definition) is 4. The van der Waals surface area contributed by atoms with Crippen molar-refractivity contribution < 1.29 is 4.42 Å². The van der Waals surface area contributed by atoms with E-state index in [0.29, 0.717) is 0 Å². The van der Waals surface area contributed by atoms with Gasteiger partial charge in [0.2, 0.25) is 0 Å². The minimum Gasteiger partial charge on any atom is -0.455 e. The van der Waals surface area contributed by atoms with Crippen molar-refractivity contribution in [3.63, 3.8) is 0 Å². The van der Waals surface area contributed by atoms with Crippen LogP contribution in [0.2, 0.25) is 0 Å². The molecule has 0 spiro atoms. The van der Waals surface area contributed by atoms with Crippen molar-refractivity contribution in [2.75, 3.05) is 4.90 Å². The maximum atomic E-state index is 6.64. The van der Waals surface area contributed by atoms with Crippen LogP contribution in [0.25, 0.3) is 95.0 Å². The van der Waals surface area contributed by atoms with E-state index in [9.17, 15) is 0 Å². The summed E-state index contributed by atoms with van der Waals surface area (Å²) in [7, 11) is 0. The molecule has 3 aromatic heterocycles. The number of fused-ring (bicyclic) bond motifs is 13. The maximum Gasteiger partial charge on any atom is 0.143 e. The average Bonchev–Trinajstić information content (AvgIpc) is 3.92. The van der Waals surface area contributed by atoms with Crippen LogP contribution in [0.1, 0.15) is 0 Å². The van der Waals surface area contributed by atoms with Gasteiger partial charge < -0.3 is 9.32 Å². The number of benzene rings is 9. The van der Waals surface area contributed by atoms with Crippen molar-refractivity contribution in [2.45, 2.75) is 0 Å². The van der Waals surface area contributed by atoms with Crippen molar-refractivity contribution in [3.8, 4) is 11.1 Å². The molecule has 12 aromatic rings. The zero-order chi connectivity index (χ0) is 35.3. The Hall–Kier alpha value is -6.46. The first-order chi connectivity index (χ1) is 26.7. The van der Waals surface area contributed by atoms with Gasteiger partial charge in [-0.2, -0.15) is 0 Å². The van der Waals surface area contributed by atoms with Crippen LogP contribution in [-0.2, 0) is 0 Å². The van der Waals surface area contributed by atoms with Gasteiger partial charge in [-0.3, -0.25) is 0 Å². The van der Waals surface area contributed by atoms with E-state index in [-0.39, 0.29) is 0 Å². The molecule has 0 fully saturated rings. The van der Waals surface area contributed by atoms with Crippen LogP contribution in [0, 0.1) is 0 Å². The third-order valence-electron chi connectivity index (χ3n) is 11.0. The molecule has 0 saturated heterocycles. The molecule has 252 valence electrons. The van der Waals surface area contributed by atoms with Crippen LogP contribution >= 0.6 is 22.7 Å². The lowest BCUT2D eigenvalue weighted by atomic mass is 10.0. The van der Waals surface area contributed by atoms with Gasteiger partial charge in [-0.25, -0.2) is 0 Å². The number of thiophene rings is 2. The van der Waals surface area contributed by atoms with Gasteiger partial charge in [0.25, 0.3) is 0 Å². The number of rotatable bonds is 4. The lowest BCUT2D eigenvalue weighted by molar-refractivity contribution is 0.673. The summed E-state index contributed by atoms with van der Waals surface area (Å²) in [6, 6.07) is 64.3. The highest BCUT2D eigenvalue weighted by Crippen LogP contribution is 2.47. The van der Waals surface area contributed by atoms with Crippen LogP contribution in [0.3, 0.4) is 0 Å². The summed E-state index contributed by atoms with van der Waals surface area (Å²) >= 11 is 3.71. The van der Waals surface area contributed by atoms with Crippen LogP contribution in [0.5, 0.6) is 0 Å². The minimum atomic E-state index is 0.926. The molecule has 0 amide bonds. The topological polar surface area (TPSA) is 16.4 Å². The molecule has 3 heterocycles. The summed E-state index contributed by atoms with van der Waals surface area (Å²) in [6.07, 6.45) is 0. The highest BCUT2D eigenvalue weighted by atomic mass is 32.1. The summed E-state index contributed by atoms with van der Waals surface area (Å²) in [4.78, 5) is 2.42. The monoisotopic (exact) mass is 723 g/mol. The highest BCUT2D eigenvalue weighted by Gasteiger charge is 2.20. The Balaban J connectivity index is 1.07. The standard InChI is InChI=1S/C50H29NOS2/c1-2-9-33-27-34(14-13-30(33)7-1)31-15-18-35(19-16-31)51(36-20-24-45-41(28-36)39-11-5-6-12-44(39)53-45)37-21-25-46-42(29-37)49-47(54-46)26-23-43-48(49)40-22-17-32-8-3-4-10-38(32)50(40)52-43/h1-29H. The highest BCUT2D eigenvalue weighted by molar-refractivity contribution is 7.26. The predicted octanol–water partition coefficient (Wildman–Crippen LogP) is 15.8. The number of nitrogens with zero attached hydrogens (tertiary/aromatic N) is 1. The summed E-state index contributed by atoms with van der Waals surface area (Å²) < 4.78 is 11.8. The second-order valence-corrected chi connectivity index (χ2v) is 16.3. The first-order valence-corrected chi connectivity index (χ1v) is 19.9. The first kappa shape index (κ1) is 30.0. The smallest absolute Gasteiger partial charge is 0.143 e. The molecule has 0 radical (unpaired) electrons. The average molecular weight is 724 g/mol. The van der Waals surface area contributed by atoms with Gasteiger partial charge in [0, 0.05) is 73.6 Å². The van der Waals surface area contributed by atoms with Gasteiger partial charge in [-0.05, 0) is 106 Å². The molecule has 4 heteroatoms. The Labute approximate surface area is 318 Å². The fraction of sp³-hybridized carbons (Fsp3) is 0. The SMILES string of the molecule is c1ccc2cc(-c3ccc(N(c4ccc5sc6ccccc6c5c4)c4ccc5sc6ccc7oc8c9ccccc9ccc8c7c6c5c4)cc3)ccc2c1. The van der Waals surface area contributed by atoms with E-state index in [1.807, 2.05) is 22.7 Å². The molecule has 2 nitrogen and oxygen atoms in total. The number of anilines is 3. The molecule has 0 atom stereocenters. The molecule has 54 heavy (non-hydrogen) atoms. The normalized spacial score (nSPS) is 12.1. The van der Waals surface area contributed by atoms with Crippen molar-refractivity contribution in [1.29, 1.82) is 0 Å². The zero-order valence-electron chi connectivity index (χ0n) is 28.9. The van der Waals surface area contributed by atoms with Gasteiger partial charge >= 0.3 is 0 Å². The van der Waals surface area contributed by atoms with Crippen LogP contribution in [0.15, 0.2) is 180 Å².